The topological polar surface area (TPSA) is 54.0 Å². The lowest BCUT2D eigenvalue weighted by molar-refractivity contribution is 0.0957. The molecule has 3 nitrogen and oxygen atoms in total. The number of rotatable bonds is 3. The van der Waals surface area contributed by atoms with Crippen LogP contribution in [0.3, 0.4) is 0 Å². The number of hydrogen-bond donors (Lipinski definition) is 0. The molecule has 1 rings (SSSR count). The Hall–Kier alpha value is -1.08. The second kappa shape index (κ2) is 4.07. The molecule has 0 unspecified atom stereocenters. The number of nitrogens with zero attached hydrogens (tertiary/aromatic N) is 1. The Bertz CT molecular complexity index is 324. The molecular formula is C8H6BrNO2. The zero-order chi connectivity index (χ0) is 8.97. The third-order valence-corrected chi connectivity index (χ3v) is 1.72. The Labute approximate surface area is 78.1 Å². The van der Waals surface area contributed by atoms with Gasteiger partial charge in [-0.3, -0.25) is 4.79 Å². The molecule has 0 aliphatic heterocycles. The summed E-state index contributed by atoms with van der Waals surface area (Å²) in [6, 6.07) is 3.50. The monoisotopic (exact) mass is 227 g/mol. The SMILES string of the molecule is N#CCCC(=O)c1cc(Br)co1. The van der Waals surface area contributed by atoms with Crippen LogP contribution in [0, 0.1) is 11.3 Å². The van der Waals surface area contributed by atoms with Gasteiger partial charge in [0.25, 0.3) is 0 Å². The molecule has 1 heterocycles. The molecule has 4 heteroatoms. The van der Waals surface area contributed by atoms with E-state index in [0.717, 1.165) is 4.47 Å². The van der Waals surface area contributed by atoms with Gasteiger partial charge in [0, 0.05) is 18.9 Å². The van der Waals surface area contributed by atoms with Gasteiger partial charge in [0.05, 0.1) is 10.5 Å². The van der Waals surface area contributed by atoms with E-state index in [0.29, 0.717) is 5.76 Å². The highest BCUT2D eigenvalue weighted by atomic mass is 79.9. The summed E-state index contributed by atoms with van der Waals surface area (Å²) in [7, 11) is 0. The highest BCUT2D eigenvalue weighted by molar-refractivity contribution is 9.10. The van der Waals surface area contributed by atoms with Crippen molar-refractivity contribution in [3.63, 3.8) is 0 Å². The van der Waals surface area contributed by atoms with Crippen LogP contribution in [0.2, 0.25) is 0 Å². The average Bonchev–Trinajstić information content (AvgIpc) is 2.47. The Morgan fingerprint density at radius 3 is 3.00 bits per heavy atom. The Balaban J connectivity index is 2.61. The molecular weight excluding hydrogens is 222 g/mol. The molecule has 1 aromatic rings. The van der Waals surface area contributed by atoms with Gasteiger partial charge in [-0.05, 0) is 15.9 Å². The van der Waals surface area contributed by atoms with E-state index in [9.17, 15) is 4.79 Å². The summed E-state index contributed by atoms with van der Waals surface area (Å²) in [5.41, 5.74) is 0. The minimum atomic E-state index is -0.137. The second-order valence-corrected chi connectivity index (χ2v) is 3.13. The summed E-state index contributed by atoms with van der Waals surface area (Å²) < 4.78 is 5.66. The van der Waals surface area contributed by atoms with Crippen LogP contribution in [-0.4, -0.2) is 5.78 Å². The lowest BCUT2D eigenvalue weighted by Crippen LogP contribution is -1.95. The number of halogens is 1. The maximum Gasteiger partial charge on any atom is 0.199 e. The fourth-order valence-corrected chi connectivity index (χ4v) is 1.05. The molecule has 0 atom stereocenters. The molecule has 0 fully saturated rings. The maximum absolute atomic E-state index is 11.2. The summed E-state index contributed by atoms with van der Waals surface area (Å²) in [5.74, 6) is 0.166. The smallest absolute Gasteiger partial charge is 0.199 e. The number of hydrogen-bond acceptors (Lipinski definition) is 3. The van der Waals surface area contributed by atoms with Gasteiger partial charge >= 0.3 is 0 Å². The highest BCUT2D eigenvalue weighted by Crippen LogP contribution is 2.15. The van der Waals surface area contributed by atoms with Crippen LogP contribution < -0.4 is 0 Å². The summed E-state index contributed by atoms with van der Waals surface area (Å²) >= 11 is 3.16. The molecule has 0 aromatic carbocycles. The Morgan fingerprint density at radius 2 is 2.50 bits per heavy atom. The van der Waals surface area contributed by atoms with Crippen molar-refractivity contribution < 1.29 is 9.21 Å². The van der Waals surface area contributed by atoms with Crippen LogP contribution in [0.1, 0.15) is 23.4 Å². The molecule has 0 aliphatic carbocycles. The lowest BCUT2D eigenvalue weighted by Gasteiger charge is -1.89. The van der Waals surface area contributed by atoms with Gasteiger partial charge in [0.1, 0.15) is 6.26 Å². The zero-order valence-electron chi connectivity index (χ0n) is 6.21. The van der Waals surface area contributed by atoms with Crippen molar-refractivity contribution in [2.45, 2.75) is 12.8 Å². The number of furan rings is 1. The number of carbonyl (C=O) groups is 1. The first-order valence-electron chi connectivity index (χ1n) is 3.38. The van der Waals surface area contributed by atoms with Gasteiger partial charge in [-0.1, -0.05) is 0 Å². The van der Waals surface area contributed by atoms with Crippen LogP contribution in [0.25, 0.3) is 0 Å². The standard InChI is InChI=1S/C8H6BrNO2/c9-6-4-8(12-5-6)7(11)2-1-3-10/h4-5H,1-2H2. The molecule has 12 heavy (non-hydrogen) atoms. The predicted molar refractivity (Wildman–Crippen MR) is 45.6 cm³/mol. The van der Waals surface area contributed by atoms with E-state index < -0.39 is 0 Å². The molecule has 0 aliphatic rings. The van der Waals surface area contributed by atoms with Crippen LogP contribution >= 0.6 is 15.9 Å². The van der Waals surface area contributed by atoms with Crippen LogP contribution in [-0.2, 0) is 0 Å². The van der Waals surface area contributed by atoms with Crippen molar-refractivity contribution in [2.24, 2.45) is 0 Å². The van der Waals surface area contributed by atoms with Gasteiger partial charge in [-0.15, -0.1) is 0 Å². The Morgan fingerprint density at radius 1 is 1.75 bits per heavy atom. The summed E-state index contributed by atoms with van der Waals surface area (Å²) in [4.78, 5) is 11.2. The van der Waals surface area contributed by atoms with E-state index in [1.807, 2.05) is 6.07 Å². The molecule has 0 N–H and O–H groups in total. The van der Waals surface area contributed by atoms with E-state index >= 15 is 0 Å². The second-order valence-electron chi connectivity index (χ2n) is 2.21. The molecule has 0 bridgehead atoms. The number of Topliss-reactive ketones (excluding diaryl/α,β-unsaturated/α-hetero) is 1. The largest absolute Gasteiger partial charge is 0.460 e. The minimum Gasteiger partial charge on any atom is -0.460 e. The van der Waals surface area contributed by atoms with E-state index in [-0.39, 0.29) is 18.6 Å². The number of ketones is 1. The quantitative estimate of drug-likeness (QED) is 0.747. The number of carbonyl (C=O) groups excluding carboxylic acids is 1. The molecule has 0 saturated carbocycles. The van der Waals surface area contributed by atoms with Crippen molar-refractivity contribution in [1.82, 2.24) is 0 Å². The van der Waals surface area contributed by atoms with Crippen molar-refractivity contribution in [3.8, 4) is 6.07 Å². The Kier molecular flexibility index (Phi) is 3.06. The normalized spacial score (nSPS) is 9.33. The molecule has 1 aromatic heterocycles. The zero-order valence-corrected chi connectivity index (χ0v) is 7.80. The summed E-state index contributed by atoms with van der Waals surface area (Å²) in [6.45, 7) is 0. The average molecular weight is 228 g/mol. The first kappa shape index (κ1) is 9.01. The van der Waals surface area contributed by atoms with Gasteiger partial charge in [0.2, 0.25) is 0 Å². The first-order chi connectivity index (χ1) is 5.74. The summed E-state index contributed by atoms with van der Waals surface area (Å²) in [5, 5.41) is 8.23. The maximum atomic E-state index is 11.2. The van der Waals surface area contributed by atoms with E-state index in [1.54, 1.807) is 6.07 Å². The van der Waals surface area contributed by atoms with Gasteiger partial charge in [-0.25, -0.2) is 0 Å². The van der Waals surface area contributed by atoms with Crippen molar-refractivity contribution in [1.29, 1.82) is 5.26 Å². The fraction of sp³-hybridized carbons (Fsp3) is 0.250. The van der Waals surface area contributed by atoms with Crippen LogP contribution in [0.15, 0.2) is 21.2 Å². The lowest BCUT2D eigenvalue weighted by atomic mass is 10.2. The van der Waals surface area contributed by atoms with Gasteiger partial charge in [-0.2, -0.15) is 5.26 Å². The van der Waals surface area contributed by atoms with Gasteiger partial charge < -0.3 is 4.42 Å². The molecule has 0 amide bonds. The highest BCUT2D eigenvalue weighted by Gasteiger charge is 2.09. The van der Waals surface area contributed by atoms with Crippen molar-refractivity contribution in [3.05, 3.63) is 22.6 Å². The first-order valence-corrected chi connectivity index (χ1v) is 4.17. The van der Waals surface area contributed by atoms with Crippen LogP contribution in [0.5, 0.6) is 0 Å². The van der Waals surface area contributed by atoms with Crippen LogP contribution in [0.4, 0.5) is 0 Å². The van der Waals surface area contributed by atoms with E-state index in [2.05, 4.69) is 15.9 Å². The van der Waals surface area contributed by atoms with Crippen molar-refractivity contribution in [2.75, 3.05) is 0 Å². The summed E-state index contributed by atoms with van der Waals surface area (Å²) in [6.07, 6.45) is 1.90. The minimum absolute atomic E-state index is 0.137. The fourth-order valence-electron chi connectivity index (χ4n) is 0.752. The molecule has 62 valence electrons. The molecule has 0 saturated heterocycles. The third kappa shape index (κ3) is 2.21. The van der Waals surface area contributed by atoms with E-state index in [4.69, 9.17) is 9.68 Å². The number of nitriles is 1. The molecule has 0 radical (unpaired) electrons. The predicted octanol–water partition coefficient (Wildman–Crippen LogP) is 2.53. The van der Waals surface area contributed by atoms with E-state index in [1.165, 1.54) is 6.26 Å². The van der Waals surface area contributed by atoms with Gasteiger partial charge in [0.15, 0.2) is 11.5 Å². The van der Waals surface area contributed by atoms with Crippen molar-refractivity contribution >= 4 is 21.7 Å². The molecule has 0 spiro atoms. The third-order valence-electron chi connectivity index (χ3n) is 1.31.